The molecule has 0 aromatic heterocycles. The number of anilines is 2. The third-order valence-electron chi connectivity index (χ3n) is 3.23. The van der Waals surface area contributed by atoms with Crippen molar-refractivity contribution in [3.63, 3.8) is 0 Å². The van der Waals surface area contributed by atoms with Crippen LogP contribution in [0.4, 0.5) is 11.4 Å². The van der Waals surface area contributed by atoms with Gasteiger partial charge in [-0.3, -0.25) is 0 Å². The summed E-state index contributed by atoms with van der Waals surface area (Å²) in [5.41, 5.74) is 4.63. The Morgan fingerprint density at radius 2 is 1.95 bits per heavy atom. The van der Waals surface area contributed by atoms with Gasteiger partial charge in [-0.2, -0.15) is 0 Å². The minimum absolute atomic E-state index is 0.0443. The van der Waals surface area contributed by atoms with Gasteiger partial charge in [0.25, 0.3) is 0 Å². The molecule has 0 fully saturated rings. The predicted octanol–water partition coefficient (Wildman–Crippen LogP) is 4.12. The van der Waals surface area contributed by atoms with Gasteiger partial charge in [-0.25, -0.2) is 0 Å². The number of allylic oxidation sites excluding steroid dienone is 1. The first-order chi connectivity index (χ1) is 8.82. The summed E-state index contributed by atoms with van der Waals surface area (Å²) in [5, 5.41) is 6.97. The summed E-state index contributed by atoms with van der Waals surface area (Å²) in [5.74, 6) is 0.890. The van der Waals surface area contributed by atoms with E-state index in [1.54, 1.807) is 7.11 Å². The van der Waals surface area contributed by atoms with Crippen molar-refractivity contribution in [1.82, 2.24) is 0 Å². The lowest BCUT2D eigenvalue weighted by Crippen LogP contribution is -2.31. The van der Waals surface area contributed by atoms with E-state index in [4.69, 9.17) is 4.74 Å². The molecule has 0 unspecified atom stereocenters. The highest BCUT2D eigenvalue weighted by Gasteiger charge is 2.25. The predicted molar refractivity (Wildman–Crippen MR) is 83.1 cm³/mol. The Kier molecular flexibility index (Phi) is 3.48. The van der Waals surface area contributed by atoms with Gasteiger partial charge in [0.2, 0.25) is 0 Å². The van der Waals surface area contributed by atoms with Gasteiger partial charge in [-0.1, -0.05) is 6.08 Å². The Bertz CT molecular complexity index is 516. The standard InChI is InChI=1S/C16H24N2O/c1-10(2)17-12-7-13-11(3)9-16(4,5)18-15(13)14(8-12)19-6/h7-10,17-18H,1-6H3. The number of ether oxygens (including phenoxy) is 1. The second kappa shape index (κ2) is 4.80. The lowest BCUT2D eigenvalue weighted by Gasteiger charge is -2.33. The molecule has 0 saturated heterocycles. The molecule has 0 saturated carbocycles. The van der Waals surface area contributed by atoms with Crippen LogP contribution in [-0.4, -0.2) is 18.7 Å². The van der Waals surface area contributed by atoms with Crippen LogP contribution in [0.15, 0.2) is 18.2 Å². The molecule has 0 bridgehead atoms. The summed E-state index contributed by atoms with van der Waals surface area (Å²) in [6.45, 7) is 10.8. The van der Waals surface area contributed by atoms with E-state index in [2.05, 4.69) is 63.5 Å². The van der Waals surface area contributed by atoms with E-state index in [1.807, 2.05) is 0 Å². The quantitative estimate of drug-likeness (QED) is 0.857. The summed E-state index contributed by atoms with van der Waals surface area (Å²) >= 11 is 0. The lowest BCUT2D eigenvalue weighted by atomic mass is 9.90. The van der Waals surface area contributed by atoms with Crippen molar-refractivity contribution in [2.45, 2.75) is 46.2 Å². The molecule has 1 aromatic rings. The fraction of sp³-hybridized carbons (Fsp3) is 0.500. The highest BCUT2D eigenvalue weighted by Crippen LogP contribution is 2.41. The van der Waals surface area contributed by atoms with Gasteiger partial charge in [0.1, 0.15) is 5.75 Å². The molecule has 19 heavy (non-hydrogen) atoms. The first kappa shape index (κ1) is 13.8. The van der Waals surface area contributed by atoms with E-state index in [-0.39, 0.29) is 5.54 Å². The van der Waals surface area contributed by atoms with Crippen LogP contribution >= 0.6 is 0 Å². The maximum Gasteiger partial charge on any atom is 0.144 e. The zero-order valence-corrected chi connectivity index (χ0v) is 12.7. The molecule has 1 aliphatic rings. The van der Waals surface area contributed by atoms with Crippen molar-refractivity contribution in [3.8, 4) is 5.75 Å². The van der Waals surface area contributed by atoms with Crippen molar-refractivity contribution < 1.29 is 4.74 Å². The van der Waals surface area contributed by atoms with E-state index in [0.717, 1.165) is 17.1 Å². The number of nitrogens with one attached hydrogen (secondary N) is 2. The van der Waals surface area contributed by atoms with E-state index in [0.29, 0.717) is 6.04 Å². The SMILES string of the molecule is COc1cc(NC(C)C)cc2c1NC(C)(C)C=C2C. The fourth-order valence-electron chi connectivity index (χ4n) is 2.61. The fourth-order valence-corrected chi connectivity index (χ4v) is 2.61. The van der Waals surface area contributed by atoms with Gasteiger partial charge < -0.3 is 15.4 Å². The number of hydrogen-bond acceptors (Lipinski definition) is 3. The number of rotatable bonds is 3. The van der Waals surface area contributed by atoms with E-state index in [1.165, 1.54) is 11.1 Å². The minimum Gasteiger partial charge on any atom is -0.494 e. The molecular formula is C16H24N2O. The van der Waals surface area contributed by atoms with Crippen molar-refractivity contribution in [2.75, 3.05) is 17.7 Å². The molecule has 1 aromatic carbocycles. The third-order valence-corrected chi connectivity index (χ3v) is 3.23. The number of benzene rings is 1. The molecule has 0 spiro atoms. The van der Waals surface area contributed by atoms with Crippen molar-refractivity contribution in [2.24, 2.45) is 0 Å². The summed E-state index contributed by atoms with van der Waals surface area (Å²) in [6.07, 6.45) is 2.26. The van der Waals surface area contributed by atoms with Crippen LogP contribution in [-0.2, 0) is 0 Å². The lowest BCUT2D eigenvalue weighted by molar-refractivity contribution is 0.415. The van der Waals surface area contributed by atoms with Gasteiger partial charge in [-0.05, 0) is 46.3 Å². The Labute approximate surface area is 116 Å². The highest BCUT2D eigenvalue weighted by molar-refractivity contribution is 5.86. The Morgan fingerprint density at radius 1 is 1.26 bits per heavy atom. The average molecular weight is 260 g/mol. The second-order valence-corrected chi connectivity index (χ2v) is 6.07. The van der Waals surface area contributed by atoms with Gasteiger partial charge in [-0.15, -0.1) is 0 Å². The summed E-state index contributed by atoms with van der Waals surface area (Å²) < 4.78 is 5.55. The maximum atomic E-state index is 5.55. The van der Waals surface area contributed by atoms with Crippen molar-refractivity contribution >= 4 is 16.9 Å². The first-order valence-electron chi connectivity index (χ1n) is 6.79. The van der Waals surface area contributed by atoms with Crippen LogP contribution in [0, 0.1) is 0 Å². The average Bonchev–Trinajstić information content (AvgIpc) is 2.27. The molecular weight excluding hydrogens is 236 g/mol. The largest absolute Gasteiger partial charge is 0.494 e. The van der Waals surface area contributed by atoms with Crippen molar-refractivity contribution in [1.29, 1.82) is 0 Å². The molecule has 2 rings (SSSR count). The Balaban J connectivity index is 2.53. The third kappa shape index (κ3) is 2.86. The van der Waals surface area contributed by atoms with E-state index < -0.39 is 0 Å². The second-order valence-electron chi connectivity index (χ2n) is 6.07. The number of methoxy groups -OCH3 is 1. The molecule has 104 valence electrons. The minimum atomic E-state index is -0.0443. The molecule has 3 nitrogen and oxygen atoms in total. The molecule has 3 heteroatoms. The normalized spacial score (nSPS) is 16.5. The zero-order chi connectivity index (χ0) is 14.2. The molecule has 1 heterocycles. The summed E-state index contributed by atoms with van der Waals surface area (Å²) in [4.78, 5) is 0. The maximum absolute atomic E-state index is 5.55. The number of fused-ring (bicyclic) bond motifs is 1. The Morgan fingerprint density at radius 3 is 2.53 bits per heavy atom. The zero-order valence-electron chi connectivity index (χ0n) is 12.7. The van der Waals surface area contributed by atoms with E-state index >= 15 is 0 Å². The monoisotopic (exact) mass is 260 g/mol. The van der Waals surface area contributed by atoms with E-state index in [9.17, 15) is 0 Å². The van der Waals surface area contributed by atoms with Crippen LogP contribution in [0.1, 0.15) is 40.2 Å². The van der Waals surface area contributed by atoms with Gasteiger partial charge in [0.05, 0.1) is 18.3 Å². The molecule has 1 aliphatic heterocycles. The smallest absolute Gasteiger partial charge is 0.144 e. The molecule has 0 atom stereocenters. The van der Waals surface area contributed by atoms with Crippen LogP contribution in [0.2, 0.25) is 0 Å². The molecule has 0 aliphatic carbocycles. The molecule has 0 radical (unpaired) electrons. The topological polar surface area (TPSA) is 33.3 Å². The van der Waals surface area contributed by atoms with Gasteiger partial charge in [0, 0.05) is 23.4 Å². The van der Waals surface area contributed by atoms with Gasteiger partial charge in [0.15, 0.2) is 0 Å². The van der Waals surface area contributed by atoms with Crippen LogP contribution < -0.4 is 15.4 Å². The first-order valence-corrected chi connectivity index (χ1v) is 6.79. The van der Waals surface area contributed by atoms with Crippen molar-refractivity contribution in [3.05, 3.63) is 23.8 Å². The van der Waals surface area contributed by atoms with Crippen LogP contribution in [0.25, 0.3) is 5.57 Å². The Hall–Kier alpha value is -1.64. The summed E-state index contributed by atoms with van der Waals surface area (Å²) in [6, 6.07) is 4.65. The van der Waals surface area contributed by atoms with Gasteiger partial charge >= 0.3 is 0 Å². The van der Waals surface area contributed by atoms with Crippen LogP contribution in [0.3, 0.4) is 0 Å². The van der Waals surface area contributed by atoms with Crippen LogP contribution in [0.5, 0.6) is 5.75 Å². The highest BCUT2D eigenvalue weighted by atomic mass is 16.5. The summed E-state index contributed by atoms with van der Waals surface area (Å²) in [7, 11) is 1.72. The number of hydrogen-bond donors (Lipinski definition) is 2. The molecule has 2 N–H and O–H groups in total. The molecule has 0 amide bonds.